The largest absolute Gasteiger partial charge is 0.504 e. The molecule has 0 atom stereocenters. The van der Waals surface area contributed by atoms with Crippen molar-refractivity contribution in [3.63, 3.8) is 0 Å². The molecule has 1 aromatic rings. The molecule has 1 aromatic carbocycles. The molecular formula is C10H13NO4S. The van der Waals surface area contributed by atoms with Crippen molar-refractivity contribution in [1.82, 2.24) is 0 Å². The topological polar surface area (TPSA) is 89.6 Å². The summed E-state index contributed by atoms with van der Waals surface area (Å²) in [4.78, 5) is -0.173. The monoisotopic (exact) mass is 243 g/mol. The highest BCUT2D eigenvalue weighted by Crippen LogP contribution is 2.35. The molecule has 6 heteroatoms. The molecule has 0 aromatic heterocycles. The molecule has 88 valence electrons. The highest BCUT2D eigenvalue weighted by molar-refractivity contribution is 7.89. The van der Waals surface area contributed by atoms with Gasteiger partial charge in [-0.3, -0.25) is 0 Å². The van der Waals surface area contributed by atoms with Gasteiger partial charge in [0, 0.05) is 0 Å². The number of primary sulfonamides is 1. The Balaban J connectivity index is 2.31. The lowest BCUT2D eigenvalue weighted by atomic mass is 10.3. The fourth-order valence-electron chi connectivity index (χ4n) is 1.36. The lowest BCUT2D eigenvalue weighted by Crippen LogP contribution is -2.14. The second-order valence-corrected chi connectivity index (χ2v) is 5.43. The van der Waals surface area contributed by atoms with E-state index < -0.39 is 10.0 Å². The van der Waals surface area contributed by atoms with E-state index in [0.717, 1.165) is 12.8 Å². The van der Waals surface area contributed by atoms with Crippen LogP contribution in [0.25, 0.3) is 0 Å². The second-order valence-electron chi connectivity index (χ2n) is 3.90. The van der Waals surface area contributed by atoms with Crippen LogP contribution in [-0.4, -0.2) is 20.1 Å². The standard InChI is InChI=1S/C10H13NO4S/c11-16(13,14)9-3-1-2-8(12)10(9)15-6-7-4-5-7/h1-3,7,12H,4-6H2,(H2,11,13,14). The summed E-state index contributed by atoms with van der Waals surface area (Å²) in [5, 5.41) is 14.6. The predicted octanol–water partition coefficient (Wildman–Crippen LogP) is 0.828. The number of para-hydroxylation sites is 1. The number of rotatable bonds is 4. The second kappa shape index (κ2) is 3.95. The number of nitrogens with two attached hydrogens (primary N) is 1. The first-order chi connectivity index (χ1) is 7.48. The fourth-order valence-corrected chi connectivity index (χ4v) is 2.05. The summed E-state index contributed by atoms with van der Waals surface area (Å²) < 4.78 is 27.8. The van der Waals surface area contributed by atoms with E-state index in [1.54, 1.807) is 0 Å². The van der Waals surface area contributed by atoms with Gasteiger partial charge < -0.3 is 9.84 Å². The molecule has 0 radical (unpaired) electrons. The van der Waals surface area contributed by atoms with E-state index in [1.807, 2.05) is 0 Å². The van der Waals surface area contributed by atoms with Crippen LogP contribution in [-0.2, 0) is 10.0 Å². The summed E-state index contributed by atoms with van der Waals surface area (Å²) in [7, 11) is -3.87. The molecule has 1 aliphatic carbocycles. The zero-order valence-electron chi connectivity index (χ0n) is 8.59. The number of sulfonamides is 1. The lowest BCUT2D eigenvalue weighted by molar-refractivity contribution is 0.276. The van der Waals surface area contributed by atoms with Crippen molar-refractivity contribution in [2.75, 3.05) is 6.61 Å². The van der Waals surface area contributed by atoms with Crippen molar-refractivity contribution in [1.29, 1.82) is 0 Å². The molecule has 5 nitrogen and oxygen atoms in total. The summed E-state index contributed by atoms with van der Waals surface area (Å²) in [6.07, 6.45) is 2.16. The Morgan fingerprint density at radius 3 is 2.69 bits per heavy atom. The van der Waals surface area contributed by atoms with Crippen LogP contribution in [0.1, 0.15) is 12.8 Å². The van der Waals surface area contributed by atoms with Crippen LogP contribution in [0, 0.1) is 5.92 Å². The molecule has 0 unspecified atom stereocenters. The van der Waals surface area contributed by atoms with Crippen molar-refractivity contribution in [3.8, 4) is 11.5 Å². The van der Waals surface area contributed by atoms with Crippen LogP contribution in [0.15, 0.2) is 23.1 Å². The summed E-state index contributed by atoms with van der Waals surface area (Å²) in [5.74, 6) is 0.219. The molecule has 0 spiro atoms. The molecule has 2 rings (SSSR count). The molecule has 3 N–H and O–H groups in total. The van der Waals surface area contributed by atoms with Crippen molar-refractivity contribution >= 4 is 10.0 Å². The van der Waals surface area contributed by atoms with Gasteiger partial charge in [-0.15, -0.1) is 0 Å². The quantitative estimate of drug-likeness (QED) is 0.819. The van der Waals surface area contributed by atoms with Gasteiger partial charge in [0.2, 0.25) is 10.0 Å². The zero-order chi connectivity index (χ0) is 11.8. The highest BCUT2D eigenvalue weighted by atomic mass is 32.2. The third-order valence-electron chi connectivity index (χ3n) is 2.42. The van der Waals surface area contributed by atoms with E-state index in [0.29, 0.717) is 12.5 Å². The van der Waals surface area contributed by atoms with Gasteiger partial charge in [-0.2, -0.15) is 0 Å². The summed E-state index contributed by atoms with van der Waals surface area (Å²) >= 11 is 0. The number of hydrogen-bond donors (Lipinski definition) is 2. The Hall–Kier alpha value is -1.27. The zero-order valence-corrected chi connectivity index (χ0v) is 9.40. The molecule has 16 heavy (non-hydrogen) atoms. The van der Waals surface area contributed by atoms with E-state index in [4.69, 9.17) is 9.88 Å². The maximum Gasteiger partial charge on any atom is 0.241 e. The number of phenolic OH excluding ortho intramolecular Hbond substituents is 1. The minimum atomic E-state index is -3.87. The summed E-state index contributed by atoms with van der Waals surface area (Å²) in [5.41, 5.74) is 0. The van der Waals surface area contributed by atoms with Crippen molar-refractivity contribution < 1.29 is 18.3 Å². The molecular weight excluding hydrogens is 230 g/mol. The number of phenols is 1. The van der Waals surface area contributed by atoms with E-state index in [-0.39, 0.29) is 16.4 Å². The first kappa shape index (κ1) is 11.2. The lowest BCUT2D eigenvalue weighted by Gasteiger charge is -2.11. The average molecular weight is 243 g/mol. The van der Waals surface area contributed by atoms with Gasteiger partial charge in [-0.05, 0) is 30.9 Å². The molecule has 0 aliphatic heterocycles. The van der Waals surface area contributed by atoms with Crippen LogP contribution in [0.3, 0.4) is 0 Å². The molecule has 1 aliphatic rings. The Kier molecular flexibility index (Phi) is 2.77. The van der Waals surface area contributed by atoms with Crippen molar-refractivity contribution in [3.05, 3.63) is 18.2 Å². The minimum Gasteiger partial charge on any atom is -0.504 e. The van der Waals surface area contributed by atoms with Gasteiger partial charge in [0.15, 0.2) is 11.5 Å². The first-order valence-corrected chi connectivity index (χ1v) is 6.50. The van der Waals surface area contributed by atoms with Crippen LogP contribution >= 0.6 is 0 Å². The van der Waals surface area contributed by atoms with E-state index in [9.17, 15) is 13.5 Å². The number of benzene rings is 1. The van der Waals surface area contributed by atoms with E-state index >= 15 is 0 Å². The van der Waals surface area contributed by atoms with Gasteiger partial charge in [0.25, 0.3) is 0 Å². The molecule has 0 heterocycles. The number of hydrogen-bond acceptors (Lipinski definition) is 4. The van der Waals surface area contributed by atoms with Gasteiger partial charge in [-0.25, -0.2) is 13.6 Å². The van der Waals surface area contributed by atoms with E-state index in [2.05, 4.69) is 0 Å². The molecule has 0 bridgehead atoms. The Morgan fingerprint density at radius 1 is 1.44 bits per heavy atom. The Bertz CT molecular complexity index is 494. The van der Waals surface area contributed by atoms with Crippen LogP contribution in [0.5, 0.6) is 11.5 Å². The first-order valence-electron chi connectivity index (χ1n) is 4.96. The normalized spacial score (nSPS) is 16.1. The summed E-state index contributed by atoms with van der Waals surface area (Å²) in [6, 6.07) is 4.10. The van der Waals surface area contributed by atoms with Crippen LogP contribution in [0.2, 0.25) is 0 Å². The van der Waals surface area contributed by atoms with Crippen LogP contribution in [0.4, 0.5) is 0 Å². The Morgan fingerprint density at radius 2 is 2.12 bits per heavy atom. The summed E-state index contributed by atoms with van der Waals surface area (Å²) in [6.45, 7) is 0.417. The third-order valence-corrected chi connectivity index (χ3v) is 3.36. The SMILES string of the molecule is NS(=O)(=O)c1cccc(O)c1OCC1CC1. The number of ether oxygens (including phenoxy) is 1. The Labute approximate surface area is 93.9 Å². The molecule has 0 saturated heterocycles. The van der Waals surface area contributed by atoms with Crippen molar-refractivity contribution in [2.24, 2.45) is 11.1 Å². The number of aromatic hydroxyl groups is 1. The molecule has 1 saturated carbocycles. The van der Waals surface area contributed by atoms with Gasteiger partial charge >= 0.3 is 0 Å². The van der Waals surface area contributed by atoms with E-state index in [1.165, 1.54) is 18.2 Å². The molecule has 1 fully saturated rings. The van der Waals surface area contributed by atoms with Crippen LogP contribution < -0.4 is 9.88 Å². The predicted molar refractivity (Wildman–Crippen MR) is 57.7 cm³/mol. The van der Waals surface area contributed by atoms with Crippen molar-refractivity contribution in [2.45, 2.75) is 17.7 Å². The van der Waals surface area contributed by atoms with Gasteiger partial charge in [-0.1, -0.05) is 6.07 Å². The maximum absolute atomic E-state index is 11.3. The fraction of sp³-hybridized carbons (Fsp3) is 0.400. The minimum absolute atomic E-state index is 0.0445. The van der Waals surface area contributed by atoms with Gasteiger partial charge in [0.1, 0.15) is 4.90 Å². The van der Waals surface area contributed by atoms with Gasteiger partial charge in [0.05, 0.1) is 6.61 Å². The average Bonchev–Trinajstić information content (AvgIpc) is 2.97. The highest BCUT2D eigenvalue weighted by Gasteiger charge is 2.25. The maximum atomic E-state index is 11.3. The molecule has 0 amide bonds. The third kappa shape index (κ3) is 2.45. The smallest absolute Gasteiger partial charge is 0.241 e.